The first-order chi connectivity index (χ1) is 10.3. The Hall–Kier alpha value is -2.61. The van der Waals surface area contributed by atoms with Crippen molar-refractivity contribution in [3.63, 3.8) is 0 Å². The molecule has 0 saturated heterocycles. The fourth-order valence-electron chi connectivity index (χ4n) is 3.09. The third-order valence-electron chi connectivity index (χ3n) is 4.15. The number of ether oxygens (including phenoxy) is 1. The molecule has 0 aromatic carbocycles. The maximum absolute atomic E-state index is 12.5. The van der Waals surface area contributed by atoms with Gasteiger partial charge in [-0.05, 0) is 6.92 Å². The van der Waals surface area contributed by atoms with Crippen LogP contribution in [-0.4, -0.2) is 28.3 Å². The quantitative estimate of drug-likeness (QED) is 0.677. The SMILES string of the molecule is CC1=C(N)C(=O)c2c(COC(N)=O)c3n(c2C1=O)C[C@H](N)C3. The maximum Gasteiger partial charge on any atom is 0.404 e. The second kappa shape index (κ2) is 4.70. The largest absolute Gasteiger partial charge is 0.445 e. The first kappa shape index (κ1) is 14.3. The molecule has 0 unspecified atom stereocenters. The number of carbonyl (C=O) groups excluding carboxylic acids is 3. The Kier molecular flexibility index (Phi) is 3.06. The van der Waals surface area contributed by atoms with Crippen LogP contribution in [0, 0.1) is 0 Å². The van der Waals surface area contributed by atoms with E-state index in [0.717, 1.165) is 5.69 Å². The van der Waals surface area contributed by atoms with Gasteiger partial charge in [-0.2, -0.15) is 0 Å². The minimum atomic E-state index is -0.953. The zero-order valence-corrected chi connectivity index (χ0v) is 12.0. The topological polar surface area (TPSA) is 143 Å². The van der Waals surface area contributed by atoms with E-state index in [4.69, 9.17) is 21.9 Å². The van der Waals surface area contributed by atoms with Gasteiger partial charge in [0.25, 0.3) is 0 Å². The molecule has 0 bridgehead atoms. The van der Waals surface area contributed by atoms with Crippen molar-refractivity contribution < 1.29 is 19.1 Å². The lowest BCUT2D eigenvalue weighted by Gasteiger charge is -2.17. The fraction of sp³-hybridized carbons (Fsp3) is 0.357. The smallest absolute Gasteiger partial charge is 0.404 e. The summed E-state index contributed by atoms with van der Waals surface area (Å²) in [7, 11) is 0. The van der Waals surface area contributed by atoms with Crippen molar-refractivity contribution in [3.8, 4) is 0 Å². The summed E-state index contributed by atoms with van der Waals surface area (Å²) in [5.74, 6) is -0.724. The summed E-state index contributed by atoms with van der Waals surface area (Å²) in [6.45, 7) is 1.77. The molecule has 1 aromatic heterocycles. The van der Waals surface area contributed by atoms with Gasteiger partial charge >= 0.3 is 6.09 Å². The number of rotatable bonds is 2. The van der Waals surface area contributed by atoms with Crippen molar-refractivity contribution >= 4 is 17.7 Å². The Morgan fingerprint density at radius 1 is 1.36 bits per heavy atom. The number of primary amides is 1. The summed E-state index contributed by atoms with van der Waals surface area (Å²) in [5, 5.41) is 0. The molecule has 22 heavy (non-hydrogen) atoms. The van der Waals surface area contributed by atoms with Gasteiger partial charge in [-0.25, -0.2) is 4.79 Å². The van der Waals surface area contributed by atoms with Crippen LogP contribution in [0.25, 0.3) is 0 Å². The number of aromatic nitrogens is 1. The second-order valence-corrected chi connectivity index (χ2v) is 5.53. The Morgan fingerprint density at radius 2 is 2.05 bits per heavy atom. The minimum absolute atomic E-state index is 0.0774. The van der Waals surface area contributed by atoms with E-state index in [-0.39, 0.29) is 41.0 Å². The lowest BCUT2D eigenvalue weighted by Crippen LogP contribution is -2.29. The molecule has 2 aliphatic rings. The summed E-state index contributed by atoms with van der Waals surface area (Å²) in [4.78, 5) is 35.9. The van der Waals surface area contributed by atoms with Crippen molar-refractivity contribution in [1.82, 2.24) is 4.57 Å². The van der Waals surface area contributed by atoms with Crippen molar-refractivity contribution in [2.75, 3.05) is 0 Å². The summed E-state index contributed by atoms with van der Waals surface area (Å²) in [5.41, 5.74) is 18.5. The normalized spacial score (nSPS) is 20.2. The van der Waals surface area contributed by atoms with Crippen LogP contribution >= 0.6 is 0 Å². The standard InChI is InChI=1S/C14H16N4O4/c1-5-10(16)13(20)9-7(4-22-14(17)21)8-2-6(15)3-18(8)11(9)12(5)19/h6H,2-4,15-16H2,1H3,(H2,17,21)/t6-/m1/s1. The van der Waals surface area contributed by atoms with Gasteiger partial charge in [-0.3, -0.25) is 9.59 Å². The molecule has 2 heterocycles. The van der Waals surface area contributed by atoms with E-state index in [1.54, 1.807) is 4.57 Å². The van der Waals surface area contributed by atoms with E-state index in [9.17, 15) is 14.4 Å². The van der Waals surface area contributed by atoms with Crippen LogP contribution < -0.4 is 17.2 Å². The highest BCUT2D eigenvalue weighted by Crippen LogP contribution is 2.35. The molecule has 1 atom stereocenters. The number of fused-ring (bicyclic) bond motifs is 3. The number of nitrogens with two attached hydrogens (primary N) is 3. The molecule has 6 N–H and O–H groups in total. The van der Waals surface area contributed by atoms with Gasteiger partial charge in [0.2, 0.25) is 11.6 Å². The molecule has 1 aliphatic heterocycles. The van der Waals surface area contributed by atoms with Gasteiger partial charge in [-0.1, -0.05) is 0 Å². The predicted molar refractivity (Wildman–Crippen MR) is 76.0 cm³/mol. The summed E-state index contributed by atoms with van der Waals surface area (Å²) < 4.78 is 6.55. The Morgan fingerprint density at radius 3 is 2.68 bits per heavy atom. The van der Waals surface area contributed by atoms with Gasteiger partial charge in [0, 0.05) is 35.8 Å². The summed E-state index contributed by atoms with van der Waals surface area (Å²) in [6, 6.07) is -0.154. The first-order valence-electron chi connectivity index (χ1n) is 6.80. The van der Waals surface area contributed by atoms with E-state index < -0.39 is 11.9 Å². The van der Waals surface area contributed by atoms with Crippen LogP contribution in [0.2, 0.25) is 0 Å². The van der Waals surface area contributed by atoms with Crippen LogP contribution in [0.4, 0.5) is 4.79 Å². The summed E-state index contributed by atoms with van der Waals surface area (Å²) in [6.07, 6.45) is -0.463. The highest BCUT2D eigenvalue weighted by molar-refractivity contribution is 6.26. The predicted octanol–water partition coefficient (Wildman–Crippen LogP) is -0.421. The lowest BCUT2D eigenvalue weighted by atomic mass is 9.90. The zero-order valence-electron chi connectivity index (χ0n) is 12.0. The van der Waals surface area contributed by atoms with Crippen LogP contribution in [0.15, 0.2) is 11.3 Å². The average Bonchev–Trinajstić information content (AvgIpc) is 2.95. The van der Waals surface area contributed by atoms with Crippen molar-refractivity contribution in [1.29, 1.82) is 0 Å². The number of hydrogen-bond donors (Lipinski definition) is 3. The molecular formula is C14H16N4O4. The third kappa shape index (κ3) is 1.84. The molecule has 0 fully saturated rings. The molecule has 1 aromatic rings. The monoisotopic (exact) mass is 304 g/mol. The van der Waals surface area contributed by atoms with Crippen LogP contribution in [0.5, 0.6) is 0 Å². The minimum Gasteiger partial charge on any atom is -0.445 e. The molecule has 116 valence electrons. The number of ketones is 2. The molecule has 1 amide bonds. The fourth-order valence-corrected chi connectivity index (χ4v) is 3.09. The van der Waals surface area contributed by atoms with Gasteiger partial charge in [0.1, 0.15) is 12.3 Å². The number of nitrogens with zero attached hydrogens (tertiary/aromatic N) is 1. The molecule has 8 heteroatoms. The van der Waals surface area contributed by atoms with Crippen LogP contribution in [0.3, 0.4) is 0 Å². The number of allylic oxidation sites excluding steroid dienone is 2. The highest BCUT2D eigenvalue weighted by Gasteiger charge is 2.39. The average molecular weight is 304 g/mol. The van der Waals surface area contributed by atoms with E-state index in [1.807, 2.05) is 0 Å². The third-order valence-corrected chi connectivity index (χ3v) is 4.15. The van der Waals surface area contributed by atoms with E-state index in [1.165, 1.54) is 6.92 Å². The van der Waals surface area contributed by atoms with E-state index in [0.29, 0.717) is 18.5 Å². The van der Waals surface area contributed by atoms with Gasteiger partial charge in [0.05, 0.1) is 11.3 Å². The number of Topliss-reactive ketones (excluding diaryl/α,β-unsaturated/α-hetero) is 2. The molecule has 0 spiro atoms. The molecule has 1 aliphatic carbocycles. The second-order valence-electron chi connectivity index (χ2n) is 5.53. The van der Waals surface area contributed by atoms with Crippen molar-refractivity contribution in [3.05, 3.63) is 33.8 Å². The van der Waals surface area contributed by atoms with Crippen molar-refractivity contribution in [2.24, 2.45) is 17.2 Å². The zero-order chi connectivity index (χ0) is 16.2. The van der Waals surface area contributed by atoms with E-state index >= 15 is 0 Å². The maximum atomic E-state index is 12.5. The van der Waals surface area contributed by atoms with Gasteiger partial charge in [0.15, 0.2) is 0 Å². The lowest BCUT2D eigenvalue weighted by molar-refractivity contribution is 0.0965. The Labute approximate surface area is 125 Å². The van der Waals surface area contributed by atoms with Crippen molar-refractivity contribution in [2.45, 2.75) is 32.5 Å². The number of amides is 1. The van der Waals surface area contributed by atoms with Crippen LogP contribution in [-0.2, 0) is 24.3 Å². The molecule has 0 saturated carbocycles. The number of carbonyl (C=O) groups is 3. The van der Waals surface area contributed by atoms with E-state index in [2.05, 4.69) is 0 Å². The molecule has 0 radical (unpaired) electrons. The van der Waals surface area contributed by atoms with Gasteiger partial charge in [-0.15, -0.1) is 0 Å². The van der Waals surface area contributed by atoms with Gasteiger partial charge < -0.3 is 26.5 Å². The molecular weight excluding hydrogens is 288 g/mol. The Bertz CT molecular complexity index is 759. The highest BCUT2D eigenvalue weighted by atomic mass is 16.5. The van der Waals surface area contributed by atoms with Crippen LogP contribution in [0.1, 0.15) is 39.0 Å². The summed E-state index contributed by atoms with van der Waals surface area (Å²) >= 11 is 0. The molecule has 3 rings (SSSR count). The number of hydrogen-bond acceptors (Lipinski definition) is 6. The first-order valence-corrected chi connectivity index (χ1v) is 6.80. The Balaban J connectivity index is 2.20. The molecule has 8 nitrogen and oxygen atoms in total.